The van der Waals surface area contributed by atoms with Gasteiger partial charge in [0.25, 0.3) is 5.91 Å². The molecule has 1 atom stereocenters. The van der Waals surface area contributed by atoms with Gasteiger partial charge in [-0.15, -0.1) is 11.3 Å². The predicted molar refractivity (Wildman–Crippen MR) is 114 cm³/mol. The molecule has 1 aliphatic heterocycles. The molecule has 4 nitrogen and oxygen atoms in total. The minimum Gasteiger partial charge on any atom is -0.479 e. The number of rotatable bonds is 5. The molecule has 29 heavy (non-hydrogen) atoms. The van der Waals surface area contributed by atoms with E-state index < -0.39 is 11.9 Å². The van der Waals surface area contributed by atoms with E-state index in [-0.39, 0.29) is 18.0 Å². The number of amides is 1. The summed E-state index contributed by atoms with van der Waals surface area (Å²) in [5, 5.41) is 3.38. The number of benzene rings is 2. The number of hydrogen-bond donors (Lipinski definition) is 0. The molecule has 3 aromatic rings. The molecule has 0 saturated heterocycles. The van der Waals surface area contributed by atoms with Crippen LogP contribution in [-0.2, 0) is 17.8 Å². The van der Waals surface area contributed by atoms with Gasteiger partial charge in [0.1, 0.15) is 11.6 Å². The maximum absolute atomic E-state index is 14.4. The molecule has 0 radical (unpaired) electrons. The summed E-state index contributed by atoms with van der Waals surface area (Å²) in [6.07, 6.45) is 1.32. The lowest BCUT2D eigenvalue weighted by Gasteiger charge is -2.33. The molecule has 1 aliphatic rings. The van der Waals surface area contributed by atoms with Crippen LogP contribution in [0.3, 0.4) is 0 Å². The van der Waals surface area contributed by atoms with E-state index in [2.05, 4.69) is 11.9 Å². The summed E-state index contributed by atoms with van der Waals surface area (Å²) >= 11 is 7.83. The number of anilines is 1. The van der Waals surface area contributed by atoms with Gasteiger partial charge < -0.3 is 9.64 Å². The maximum Gasteiger partial charge on any atom is 0.268 e. The number of thiazole rings is 1. The highest BCUT2D eigenvalue weighted by Crippen LogP contribution is 2.39. The molecule has 0 saturated carbocycles. The van der Waals surface area contributed by atoms with Gasteiger partial charge in [-0.25, -0.2) is 9.37 Å². The second kappa shape index (κ2) is 8.13. The van der Waals surface area contributed by atoms with Gasteiger partial charge in [0.05, 0.1) is 22.9 Å². The summed E-state index contributed by atoms with van der Waals surface area (Å²) in [7, 11) is 0. The number of nitrogens with zero attached hydrogens (tertiary/aromatic N) is 2. The van der Waals surface area contributed by atoms with E-state index in [1.54, 1.807) is 30.4 Å². The second-order valence-corrected chi connectivity index (χ2v) is 8.29. The quantitative estimate of drug-likeness (QED) is 0.508. The fourth-order valence-corrected chi connectivity index (χ4v) is 4.48. The van der Waals surface area contributed by atoms with Crippen LogP contribution in [0.1, 0.15) is 30.8 Å². The highest BCUT2D eigenvalue weighted by Gasteiger charge is 2.33. The predicted octanol–water partition coefficient (Wildman–Crippen LogP) is 5.87. The minimum absolute atomic E-state index is 0.0344. The van der Waals surface area contributed by atoms with Crippen molar-refractivity contribution < 1.29 is 13.9 Å². The number of carbonyl (C=O) groups excluding carboxylic acids is 1. The Bertz CT molecular complexity index is 1050. The molecule has 1 unspecified atom stereocenters. The van der Waals surface area contributed by atoms with Crippen LogP contribution in [0.25, 0.3) is 11.3 Å². The first-order chi connectivity index (χ1) is 14.0. The average Bonchev–Trinajstić information content (AvgIpc) is 3.16. The molecular formula is C22H20ClFN2O2S. The third-order valence-electron chi connectivity index (χ3n) is 4.86. The lowest BCUT2D eigenvalue weighted by molar-refractivity contribution is -0.125. The van der Waals surface area contributed by atoms with E-state index in [4.69, 9.17) is 16.3 Å². The fourth-order valence-electron chi connectivity index (χ4n) is 3.34. The molecule has 0 bridgehead atoms. The summed E-state index contributed by atoms with van der Waals surface area (Å²) in [5.41, 5.74) is 2.62. The number of halogens is 2. The minimum atomic E-state index is -0.658. The Morgan fingerprint density at radius 3 is 2.90 bits per heavy atom. The zero-order chi connectivity index (χ0) is 20.5. The van der Waals surface area contributed by atoms with Crippen molar-refractivity contribution in [2.24, 2.45) is 0 Å². The van der Waals surface area contributed by atoms with Crippen LogP contribution in [0, 0.1) is 5.82 Å². The monoisotopic (exact) mass is 430 g/mol. The normalized spacial score (nSPS) is 15.9. The lowest BCUT2D eigenvalue weighted by Crippen LogP contribution is -2.44. The summed E-state index contributed by atoms with van der Waals surface area (Å²) < 4.78 is 20.1. The third kappa shape index (κ3) is 3.87. The highest BCUT2D eigenvalue weighted by molar-refractivity contribution is 7.09. The van der Waals surface area contributed by atoms with Crippen molar-refractivity contribution >= 4 is 34.5 Å². The number of carbonyl (C=O) groups is 1. The molecule has 0 aliphatic carbocycles. The topological polar surface area (TPSA) is 42.4 Å². The van der Waals surface area contributed by atoms with Gasteiger partial charge in [-0.2, -0.15) is 0 Å². The number of aryl methyl sites for hydroxylation is 1. The van der Waals surface area contributed by atoms with Gasteiger partial charge >= 0.3 is 0 Å². The number of ether oxygens (including phenoxy) is 1. The van der Waals surface area contributed by atoms with Crippen LogP contribution in [0.5, 0.6) is 5.75 Å². The summed E-state index contributed by atoms with van der Waals surface area (Å²) in [6.45, 7) is 3.84. The molecule has 1 aromatic heterocycles. The van der Waals surface area contributed by atoms with Crippen molar-refractivity contribution in [3.63, 3.8) is 0 Å². The zero-order valence-corrected chi connectivity index (χ0v) is 17.7. The van der Waals surface area contributed by atoms with E-state index in [0.29, 0.717) is 16.5 Å². The van der Waals surface area contributed by atoms with Crippen molar-refractivity contribution in [1.29, 1.82) is 0 Å². The Morgan fingerprint density at radius 2 is 2.14 bits per heavy atom. The van der Waals surface area contributed by atoms with E-state index in [0.717, 1.165) is 29.1 Å². The zero-order valence-electron chi connectivity index (χ0n) is 16.1. The Kier molecular flexibility index (Phi) is 5.56. The van der Waals surface area contributed by atoms with Crippen molar-refractivity contribution in [3.05, 3.63) is 63.2 Å². The van der Waals surface area contributed by atoms with Gasteiger partial charge in [0, 0.05) is 21.5 Å². The lowest BCUT2D eigenvalue weighted by atomic mass is 10.1. The molecule has 4 rings (SSSR count). The molecule has 0 spiro atoms. The van der Waals surface area contributed by atoms with Crippen LogP contribution >= 0.6 is 22.9 Å². The molecule has 2 heterocycles. The smallest absolute Gasteiger partial charge is 0.268 e. The van der Waals surface area contributed by atoms with Gasteiger partial charge in [-0.05, 0) is 50.1 Å². The highest BCUT2D eigenvalue weighted by atomic mass is 35.5. The Hall–Kier alpha value is -2.44. The first-order valence-electron chi connectivity index (χ1n) is 9.47. The van der Waals surface area contributed by atoms with Crippen LogP contribution in [0.4, 0.5) is 10.1 Å². The summed E-state index contributed by atoms with van der Waals surface area (Å²) in [6, 6.07) is 10.2. The second-order valence-electron chi connectivity index (χ2n) is 6.94. The molecule has 150 valence electrons. The molecule has 0 N–H and O–H groups in total. The average molecular weight is 431 g/mol. The summed E-state index contributed by atoms with van der Waals surface area (Å²) in [5.74, 6) is -0.0953. The number of hydrogen-bond acceptors (Lipinski definition) is 4. The third-order valence-corrected chi connectivity index (χ3v) is 6.12. The number of fused-ring (bicyclic) bond motifs is 1. The first kappa shape index (κ1) is 19.9. The Morgan fingerprint density at radius 1 is 1.31 bits per heavy atom. The standard InChI is InChI=1S/C22H20ClFN2O2S/c1-3-5-21-25-18(12-29-21)14-8-9-20-19(10-14)26(22(27)13(2)28-20)11-15-16(23)6-4-7-17(15)24/h4,6-10,12-13H,3,5,11H2,1-2H3. The Balaban J connectivity index is 1.74. The van der Waals surface area contributed by atoms with Gasteiger partial charge in [-0.1, -0.05) is 24.6 Å². The largest absolute Gasteiger partial charge is 0.479 e. The summed E-state index contributed by atoms with van der Waals surface area (Å²) in [4.78, 5) is 19.1. The molecule has 1 amide bonds. The molecular weight excluding hydrogens is 411 g/mol. The Labute approximate surface area is 177 Å². The number of aromatic nitrogens is 1. The van der Waals surface area contributed by atoms with E-state index in [9.17, 15) is 9.18 Å². The van der Waals surface area contributed by atoms with Gasteiger partial charge in [-0.3, -0.25) is 4.79 Å². The van der Waals surface area contributed by atoms with E-state index >= 15 is 0 Å². The van der Waals surface area contributed by atoms with Crippen LogP contribution < -0.4 is 9.64 Å². The van der Waals surface area contributed by atoms with Crippen molar-refractivity contribution in [2.75, 3.05) is 4.90 Å². The van der Waals surface area contributed by atoms with Crippen molar-refractivity contribution in [2.45, 2.75) is 39.3 Å². The fraction of sp³-hybridized carbons (Fsp3) is 0.273. The maximum atomic E-state index is 14.4. The SMILES string of the molecule is CCCc1nc(-c2ccc3c(c2)N(Cc2c(F)cccc2Cl)C(=O)C(C)O3)cs1. The molecule has 7 heteroatoms. The first-order valence-corrected chi connectivity index (χ1v) is 10.7. The van der Waals surface area contributed by atoms with Gasteiger partial charge in [0.2, 0.25) is 0 Å². The van der Waals surface area contributed by atoms with Crippen LogP contribution in [-0.4, -0.2) is 17.0 Å². The van der Waals surface area contributed by atoms with Gasteiger partial charge in [0.15, 0.2) is 6.10 Å². The van der Waals surface area contributed by atoms with E-state index in [1.807, 2.05) is 23.6 Å². The van der Waals surface area contributed by atoms with Crippen molar-refractivity contribution in [1.82, 2.24) is 4.98 Å². The van der Waals surface area contributed by atoms with Crippen molar-refractivity contribution in [3.8, 4) is 17.0 Å². The van der Waals surface area contributed by atoms with Crippen LogP contribution in [0.15, 0.2) is 41.8 Å². The molecule has 2 aromatic carbocycles. The van der Waals surface area contributed by atoms with Crippen LogP contribution in [0.2, 0.25) is 5.02 Å². The van der Waals surface area contributed by atoms with E-state index in [1.165, 1.54) is 11.0 Å². The molecule has 0 fully saturated rings.